The highest BCUT2D eigenvalue weighted by Crippen LogP contribution is 2.36. The van der Waals surface area contributed by atoms with Gasteiger partial charge in [-0.15, -0.1) is 0 Å². The van der Waals surface area contributed by atoms with Gasteiger partial charge in [0.15, 0.2) is 11.5 Å². The van der Waals surface area contributed by atoms with Gasteiger partial charge in [-0.3, -0.25) is 0 Å². The Morgan fingerprint density at radius 3 is 2.00 bits per heavy atom. The number of rotatable bonds is 1. The van der Waals surface area contributed by atoms with Crippen LogP contribution in [0.15, 0.2) is 12.3 Å². The SMILES string of the molecule is CC1(C)OB(c2cnc(C(F)(F)F)c(F)c2)OC1(C)C. The molecule has 20 heavy (non-hydrogen) atoms. The quantitative estimate of drug-likeness (QED) is 0.588. The maximum absolute atomic E-state index is 13.5. The Morgan fingerprint density at radius 1 is 1.10 bits per heavy atom. The summed E-state index contributed by atoms with van der Waals surface area (Å²) in [5.74, 6) is -1.44. The van der Waals surface area contributed by atoms with Gasteiger partial charge in [0.1, 0.15) is 0 Å². The molecule has 0 radical (unpaired) electrons. The van der Waals surface area contributed by atoms with Crippen LogP contribution in [0.4, 0.5) is 17.6 Å². The predicted octanol–water partition coefficient (Wildman–Crippen LogP) is 2.54. The Hall–Kier alpha value is -1.15. The predicted molar refractivity (Wildman–Crippen MR) is 64.9 cm³/mol. The Kier molecular flexibility index (Phi) is 3.37. The zero-order valence-corrected chi connectivity index (χ0v) is 11.5. The molecule has 8 heteroatoms. The van der Waals surface area contributed by atoms with Gasteiger partial charge in [-0.2, -0.15) is 13.2 Å². The average Bonchev–Trinajstić information content (AvgIpc) is 2.46. The first-order valence-electron chi connectivity index (χ1n) is 6.02. The molecule has 0 aromatic carbocycles. The van der Waals surface area contributed by atoms with Crippen LogP contribution >= 0.6 is 0 Å². The first-order chi connectivity index (χ1) is 8.94. The van der Waals surface area contributed by atoms with E-state index < -0.39 is 36.0 Å². The topological polar surface area (TPSA) is 31.4 Å². The van der Waals surface area contributed by atoms with Crippen molar-refractivity contribution in [2.75, 3.05) is 0 Å². The minimum absolute atomic E-state index is 0.120. The highest BCUT2D eigenvalue weighted by Gasteiger charge is 2.52. The molecule has 0 bridgehead atoms. The van der Waals surface area contributed by atoms with E-state index in [-0.39, 0.29) is 5.46 Å². The molecule has 0 aliphatic carbocycles. The van der Waals surface area contributed by atoms with Crippen molar-refractivity contribution in [1.29, 1.82) is 0 Å². The number of hydrogen-bond donors (Lipinski definition) is 0. The number of halogens is 4. The number of hydrogen-bond acceptors (Lipinski definition) is 3. The molecular weight excluding hydrogens is 277 g/mol. The van der Waals surface area contributed by atoms with Gasteiger partial charge in [0.25, 0.3) is 0 Å². The maximum Gasteiger partial charge on any atom is 0.496 e. The summed E-state index contributed by atoms with van der Waals surface area (Å²) in [4.78, 5) is 3.13. The van der Waals surface area contributed by atoms with Crippen molar-refractivity contribution in [2.45, 2.75) is 45.1 Å². The van der Waals surface area contributed by atoms with Crippen LogP contribution in [0.5, 0.6) is 0 Å². The molecule has 0 saturated carbocycles. The normalized spacial score (nSPS) is 21.3. The summed E-state index contributed by atoms with van der Waals surface area (Å²) in [5.41, 5.74) is -2.74. The molecule has 2 heterocycles. The Bertz CT molecular complexity index is 515. The molecular formula is C12H14BF4NO2. The smallest absolute Gasteiger partial charge is 0.399 e. The minimum Gasteiger partial charge on any atom is -0.399 e. The third-order valence-electron chi connectivity index (χ3n) is 3.66. The maximum atomic E-state index is 13.5. The minimum atomic E-state index is -4.82. The van der Waals surface area contributed by atoms with Crippen molar-refractivity contribution in [3.63, 3.8) is 0 Å². The van der Waals surface area contributed by atoms with Gasteiger partial charge in [-0.1, -0.05) is 0 Å². The van der Waals surface area contributed by atoms with E-state index in [2.05, 4.69) is 4.98 Å². The van der Waals surface area contributed by atoms with Crippen molar-refractivity contribution in [2.24, 2.45) is 0 Å². The van der Waals surface area contributed by atoms with Crippen LogP contribution < -0.4 is 5.46 Å². The van der Waals surface area contributed by atoms with Gasteiger partial charge < -0.3 is 9.31 Å². The van der Waals surface area contributed by atoms with Gasteiger partial charge in [0.2, 0.25) is 0 Å². The van der Waals surface area contributed by atoms with E-state index in [1.807, 2.05) is 0 Å². The average molecular weight is 291 g/mol. The lowest BCUT2D eigenvalue weighted by atomic mass is 9.80. The van der Waals surface area contributed by atoms with Crippen LogP contribution in [0.25, 0.3) is 0 Å². The van der Waals surface area contributed by atoms with Gasteiger partial charge >= 0.3 is 13.3 Å². The molecule has 0 unspecified atom stereocenters. The lowest BCUT2D eigenvalue weighted by Crippen LogP contribution is -2.41. The van der Waals surface area contributed by atoms with E-state index in [0.29, 0.717) is 0 Å². The summed E-state index contributed by atoms with van der Waals surface area (Å²) < 4.78 is 62.0. The molecule has 1 saturated heterocycles. The third-order valence-corrected chi connectivity index (χ3v) is 3.66. The second-order valence-electron chi connectivity index (χ2n) is 5.69. The first-order valence-corrected chi connectivity index (χ1v) is 6.02. The largest absolute Gasteiger partial charge is 0.496 e. The van der Waals surface area contributed by atoms with Crippen molar-refractivity contribution < 1.29 is 26.9 Å². The van der Waals surface area contributed by atoms with E-state index in [0.717, 1.165) is 12.3 Å². The molecule has 3 nitrogen and oxygen atoms in total. The molecule has 1 aromatic rings. The fourth-order valence-corrected chi connectivity index (χ4v) is 1.77. The fourth-order valence-electron chi connectivity index (χ4n) is 1.77. The Labute approximate surface area is 114 Å². The molecule has 1 fully saturated rings. The lowest BCUT2D eigenvalue weighted by molar-refractivity contribution is -0.143. The van der Waals surface area contributed by atoms with Crippen LogP contribution in [-0.4, -0.2) is 23.3 Å². The molecule has 0 spiro atoms. The zero-order chi connectivity index (χ0) is 15.3. The highest BCUT2D eigenvalue weighted by molar-refractivity contribution is 6.62. The number of pyridine rings is 1. The van der Waals surface area contributed by atoms with Crippen LogP contribution in [0, 0.1) is 5.82 Å². The molecule has 2 rings (SSSR count). The molecule has 0 atom stereocenters. The third kappa shape index (κ3) is 2.54. The summed E-state index contributed by atoms with van der Waals surface area (Å²) in [6.45, 7) is 7.17. The van der Waals surface area contributed by atoms with Crippen molar-refractivity contribution >= 4 is 12.6 Å². The first kappa shape index (κ1) is 15.2. The summed E-state index contributed by atoms with van der Waals surface area (Å²) in [5, 5.41) is 0. The Morgan fingerprint density at radius 2 is 1.60 bits per heavy atom. The monoisotopic (exact) mass is 291 g/mol. The summed E-state index contributed by atoms with van der Waals surface area (Å²) in [6.07, 6.45) is -3.90. The van der Waals surface area contributed by atoms with E-state index in [4.69, 9.17) is 9.31 Å². The van der Waals surface area contributed by atoms with Gasteiger partial charge in [0.05, 0.1) is 11.2 Å². The summed E-state index contributed by atoms with van der Waals surface area (Å²) in [6, 6.07) is 0.748. The van der Waals surface area contributed by atoms with Crippen LogP contribution in [0.2, 0.25) is 0 Å². The number of alkyl halides is 3. The molecule has 0 amide bonds. The van der Waals surface area contributed by atoms with Gasteiger partial charge in [-0.25, -0.2) is 9.37 Å². The highest BCUT2D eigenvalue weighted by atomic mass is 19.4. The van der Waals surface area contributed by atoms with Gasteiger partial charge in [-0.05, 0) is 33.8 Å². The van der Waals surface area contributed by atoms with Crippen molar-refractivity contribution in [1.82, 2.24) is 4.98 Å². The number of aromatic nitrogens is 1. The van der Waals surface area contributed by atoms with E-state index >= 15 is 0 Å². The second kappa shape index (κ2) is 4.43. The van der Waals surface area contributed by atoms with Crippen LogP contribution in [-0.2, 0) is 15.5 Å². The van der Waals surface area contributed by atoms with Crippen LogP contribution in [0.3, 0.4) is 0 Å². The summed E-state index contributed by atoms with van der Waals surface area (Å²) >= 11 is 0. The molecule has 110 valence electrons. The van der Waals surface area contributed by atoms with E-state index in [1.165, 1.54) is 0 Å². The van der Waals surface area contributed by atoms with Gasteiger partial charge in [0, 0.05) is 11.7 Å². The molecule has 1 aliphatic heterocycles. The zero-order valence-electron chi connectivity index (χ0n) is 11.5. The molecule has 1 aromatic heterocycles. The van der Waals surface area contributed by atoms with E-state index in [1.54, 1.807) is 27.7 Å². The second-order valence-corrected chi connectivity index (χ2v) is 5.69. The van der Waals surface area contributed by atoms with Crippen molar-refractivity contribution in [3.05, 3.63) is 23.8 Å². The standard InChI is InChI=1S/C12H14BF4NO2/c1-10(2)11(3,4)20-13(19-10)7-5-8(14)9(18-6-7)12(15,16)17/h5-6H,1-4H3. The molecule has 0 N–H and O–H groups in total. The summed E-state index contributed by atoms with van der Waals surface area (Å²) in [7, 11) is -0.940. The Balaban J connectivity index is 2.31. The number of nitrogens with zero attached hydrogens (tertiary/aromatic N) is 1. The van der Waals surface area contributed by atoms with E-state index in [9.17, 15) is 17.6 Å². The van der Waals surface area contributed by atoms with Crippen molar-refractivity contribution in [3.8, 4) is 0 Å². The molecule has 1 aliphatic rings. The van der Waals surface area contributed by atoms with Crippen LogP contribution in [0.1, 0.15) is 33.4 Å². The lowest BCUT2D eigenvalue weighted by Gasteiger charge is -2.32. The fraction of sp³-hybridized carbons (Fsp3) is 0.583.